The summed E-state index contributed by atoms with van der Waals surface area (Å²) in [6.45, 7) is 3.08. The van der Waals surface area contributed by atoms with Crippen molar-refractivity contribution >= 4 is 5.91 Å². The number of amides is 1. The van der Waals surface area contributed by atoms with E-state index in [0.717, 1.165) is 11.3 Å². The van der Waals surface area contributed by atoms with Gasteiger partial charge in [0, 0.05) is 12.7 Å². The molecule has 0 unspecified atom stereocenters. The van der Waals surface area contributed by atoms with Gasteiger partial charge in [-0.1, -0.05) is 36.4 Å². The van der Waals surface area contributed by atoms with Crippen LogP contribution >= 0.6 is 0 Å². The number of hydrogen-bond donors (Lipinski definition) is 1. The van der Waals surface area contributed by atoms with E-state index in [9.17, 15) is 4.79 Å². The Morgan fingerprint density at radius 2 is 1.90 bits per heavy atom. The molecule has 0 saturated carbocycles. The van der Waals surface area contributed by atoms with Gasteiger partial charge in [0.1, 0.15) is 0 Å². The van der Waals surface area contributed by atoms with Crippen molar-refractivity contribution in [3.05, 3.63) is 66.0 Å². The molecule has 110 valence electrons. The largest absolute Gasteiger partial charge is 0.336 e. The lowest BCUT2D eigenvalue weighted by molar-refractivity contribution is -0.133. The highest BCUT2D eigenvalue weighted by Gasteiger charge is 2.20. The molecule has 21 heavy (non-hydrogen) atoms. The van der Waals surface area contributed by atoms with E-state index in [1.165, 1.54) is 0 Å². The van der Waals surface area contributed by atoms with Gasteiger partial charge in [-0.05, 0) is 31.0 Å². The Bertz CT molecular complexity index is 557. The number of hydrogen-bond acceptors (Lipinski definition) is 3. The van der Waals surface area contributed by atoms with Crippen LogP contribution in [0.5, 0.6) is 0 Å². The van der Waals surface area contributed by atoms with Crippen LogP contribution in [0, 0.1) is 0 Å². The first-order valence-electron chi connectivity index (χ1n) is 7.19. The molecule has 1 heterocycles. The number of carbonyl (C=O) groups excluding carboxylic acids is 1. The summed E-state index contributed by atoms with van der Waals surface area (Å²) < 4.78 is 0. The third-order valence-corrected chi connectivity index (χ3v) is 3.39. The van der Waals surface area contributed by atoms with Crippen LogP contribution in [0.25, 0.3) is 0 Å². The van der Waals surface area contributed by atoms with Gasteiger partial charge in [0.05, 0.1) is 18.3 Å². The molecule has 0 aliphatic rings. The van der Waals surface area contributed by atoms with E-state index in [0.29, 0.717) is 19.5 Å². The van der Waals surface area contributed by atoms with Crippen LogP contribution in [-0.4, -0.2) is 28.4 Å². The highest BCUT2D eigenvalue weighted by Crippen LogP contribution is 2.07. The number of likely N-dealkylation sites (N-methyl/N-ethyl adjacent to an activating group) is 1. The minimum Gasteiger partial charge on any atom is -0.336 e. The zero-order valence-electron chi connectivity index (χ0n) is 12.3. The normalized spacial score (nSPS) is 11.9. The van der Waals surface area contributed by atoms with Gasteiger partial charge in [0.2, 0.25) is 5.91 Å². The molecule has 2 N–H and O–H groups in total. The number of nitrogens with two attached hydrogens (primary N) is 1. The summed E-state index contributed by atoms with van der Waals surface area (Å²) in [5.74, 6) is -0.0352. The maximum Gasteiger partial charge on any atom is 0.240 e. The second-order valence-electron chi connectivity index (χ2n) is 4.97. The van der Waals surface area contributed by atoms with Crippen LogP contribution in [0.3, 0.4) is 0 Å². The molecular formula is C17H21N3O. The van der Waals surface area contributed by atoms with Crippen molar-refractivity contribution in [2.75, 3.05) is 6.54 Å². The van der Waals surface area contributed by atoms with Crippen LogP contribution in [0.2, 0.25) is 0 Å². The second kappa shape index (κ2) is 7.55. The first kappa shape index (κ1) is 15.2. The monoisotopic (exact) mass is 283 g/mol. The van der Waals surface area contributed by atoms with Crippen molar-refractivity contribution in [1.82, 2.24) is 9.88 Å². The van der Waals surface area contributed by atoms with E-state index in [1.54, 1.807) is 11.1 Å². The van der Waals surface area contributed by atoms with Gasteiger partial charge < -0.3 is 10.6 Å². The summed E-state index contributed by atoms with van der Waals surface area (Å²) in [4.78, 5) is 18.5. The van der Waals surface area contributed by atoms with Gasteiger partial charge in [0.25, 0.3) is 0 Å². The molecule has 2 rings (SSSR count). The number of rotatable bonds is 6. The molecule has 0 fully saturated rings. The number of carbonyl (C=O) groups is 1. The molecule has 0 saturated heterocycles. The molecule has 0 aliphatic heterocycles. The Labute approximate surface area is 125 Å². The second-order valence-corrected chi connectivity index (χ2v) is 4.97. The molecule has 1 aromatic heterocycles. The van der Waals surface area contributed by atoms with E-state index in [-0.39, 0.29) is 5.91 Å². The van der Waals surface area contributed by atoms with Crippen LogP contribution in [0.1, 0.15) is 18.2 Å². The Balaban J connectivity index is 1.99. The van der Waals surface area contributed by atoms with Gasteiger partial charge in [-0.25, -0.2) is 0 Å². The van der Waals surface area contributed by atoms with Gasteiger partial charge >= 0.3 is 0 Å². The van der Waals surface area contributed by atoms with Crippen LogP contribution < -0.4 is 5.73 Å². The Kier molecular flexibility index (Phi) is 5.46. The van der Waals surface area contributed by atoms with Crippen molar-refractivity contribution in [2.24, 2.45) is 5.73 Å². The van der Waals surface area contributed by atoms with E-state index in [2.05, 4.69) is 4.98 Å². The molecule has 1 atom stereocenters. The summed E-state index contributed by atoms with van der Waals surface area (Å²) >= 11 is 0. The number of benzene rings is 1. The summed E-state index contributed by atoms with van der Waals surface area (Å²) in [7, 11) is 0. The van der Waals surface area contributed by atoms with Crippen molar-refractivity contribution in [3.8, 4) is 0 Å². The molecule has 1 amide bonds. The van der Waals surface area contributed by atoms with Gasteiger partial charge in [-0.2, -0.15) is 0 Å². The van der Waals surface area contributed by atoms with Crippen LogP contribution in [-0.2, 0) is 17.8 Å². The van der Waals surface area contributed by atoms with E-state index in [1.807, 2.05) is 55.5 Å². The highest BCUT2D eigenvalue weighted by molar-refractivity contribution is 5.81. The minimum atomic E-state index is -0.518. The standard InChI is InChI=1S/C17H21N3O/c1-2-20(13-15-10-6-7-11-19-15)17(21)16(18)12-14-8-4-3-5-9-14/h3-11,16H,2,12-13,18H2,1H3/t16-/m1/s1. The quantitative estimate of drug-likeness (QED) is 0.882. The molecule has 2 aromatic rings. The molecule has 4 heteroatoms. The smallest absolute Gasteiger partial charge is 0.240 e. The molecule has 4 nitrogen and oxygen atoms in total. The van der Waals surface area contributed by atoms with Gasteiger partial charge in [0.15, 0.2) is 0 Å². The van der Waals surface area contributed by atoms with Crippen molar-refractivity contribution < 1.29 is 4.79 Å². The highest BCUT2D eigenvalue weighted by atomic mass is 16.2. The molecule has 0 aliphatic carbocycles. The zero-order chi connectivity index (χ0) is 15.1. The van der Waals surface area contributed by atoms with Crippen LogP contribution in [0.15, 0.2) is 54.7 Å². The first-order valence-corrected chi connectivity index (χ1v) is 7.19. The molecule has 0 spiro atoms. The lowest BCUT2D eigenvalue weighted by Crippen LogP contribution is -2.44. The summed E-state index contributed by atoms with van der Waals surface area (Å²) in [5, 5.41) is 0. The van der Waals surface area contributed by atoms with Crippen molar-refractivity contribution in [1.29, 1.82) is 0 Å². The Morgan fingerprint density at radius 1 is 1.19 bits per heavy atom. The lowest BCUT2D eigenvalue weighted by Gasteiger charge is -2.24. The van der Waals surface area contributed by atoms with E-state index >= 15 is 0 Å². The van der Waals surface area contributed by atoms with Crippen molar-refractivity contribution in [2.45, 2.75) is 25.9 Å². The fraction of sp³-hybridized carbons (Fsp3) is 0.294. The van der Waals surface area contributed by atoms with Crippen LogP contribution in [0.4, 0.5) is 0 Å². The Morgan fingerprint density at radius 3 is 2.52 bits per heavy atom. The third kappa shape index (κ3) is 4.39. The van der Waals surface area contributed by atoms with E-state index < -0.39 is 6.04 Å². The number of nitrogens with zero attached hydrogens (tertiary/aromatic N) is 2. The summed E-state index contributed by atoms with van der Waals surface area (Å²) in [6.07, 6.45) is 2.29. The lowest BCUT2D eigenvalue weighted by atomic mass is 10.1. The number of pyridine rings is 1. The fourth-order valence-corrected chi connectivity index (χ4v) is 2.22. The molecular weight excluding hydrogens is 262 g/mol. The molecule has 1 aromatic carbocycles. The SMILES string of the molecule is CCN(Cc1ccccn1)C(=O)[C@H](N)Cc1ccccc1. The van der Waals surface area contributed by atoms with Crippen molar-refractivity contribution in [3.63, 3.8) is 0 Å². The Hall–Kier alpha value is -2.20. The maximum atomic E-state index is 12.5. The third-order valence-electron chi connectivity index (χ3n) is 3.39. The van der Waals surface area contributed by atoms with E-state index in [4.69, 9.17) is 5.73 Å². The minimum absolute atomic E-state index is 0.0352. The first-order chi connectivity index (χ1) is 10.2. The average molecular weight is 283 g/mol. The molecule has 0 bridgehead atoms. The predicted molar refractivity (Wildman–Crippen MR) is 83.4 cm³/mol. The summed E-state index contributed by atoms with van der Waals surface area (Å²) in [6, 6.07) is 15.0. The number of aromatic nitrogens is 1. The maximum absolute atomic E-state index is 12.5. The topological polar surface area (TPSA) is 59.2 Å². The average Bonchev–Trinajstić information content (AvgIpc) is 2.54. The fourth-order valence-electron chi connectivity index (χ4n) is 2.22. The summed E-state index contributed by atoms with van der Waals surface area (Å²) in [5.41, 5.74) is 8.02. The predicted octanol–water partition coefficient (Wildman–Crippen LogP) is 2.00. The van der Waals surface area contributed by atoms with Gasteiger partial charge in [-0.3, -0.25) is 9.78 Å². The zero-order valence-corrected chi connectivity index (χ0v) is 12.3. The van der Waals surface area contributed by atoms with Gasteiger partial charge in [-0.15, -0.1) is 0 Å². The molecule has 0 radical (unpaired) electrons.